The number of carbonyl (C=O) groups is 1. The highest BCUT2D eigenvalue weighted by molar-refractivity contribution is 5.91. The number of aliphatic hydroxyl groups excluding tert-OH is 1. The van der Waals surface area contributed by atoms with Crippen LogP contribution >= 0.6 is 0 Å². The number of aliphatic hydroxyl groups is 1. The minimum absolute atomic E-state index is 0.0795. The second kappa shape index (κ2) is 9.23. The van der Waals surface area contributed by atoms with Crippen molar-refractivity contribution in [2.75, 3.05) is 11.1 Å². The van der Waals surface area contributed by atoms with Crippen LogP contribution in [-0.2, 0) is 17.6 Å². The summed E-state index contributed by atoms with van der Waals surface area (Å²) < 4.78 is 7.01. The van der Waals surface area contributed by atoms with Crippen molar-refractivity contribution in [1.29, 1.82) is 0 Å². The van der Waals surface area contributed by atoms with Crippen molar-refractivity contribution in [3.8, 4) is 11.3 Å². The van der Waals surface area contributed by atoms with Crippen LogP contribution in [0.5, 0.6) is 0 Å². The Morgan fingerprint density at radius 3 is 2.56 bits per heavy atom. The number of hydrogen-bond donors (Lipinski definition) is 4. The maximum absolute atomic E-state index is 12.5. The van der Waals surface area contributed by atoms with E-state index in [0.717, 1.165) is 36.1 Å². The Hall–Kier alpha value is -3.17. The van der Waals surface area contributed by atoms with Crippen LogP contribution in [0.15, 0.2) is 34.9 Å². The minimum Gasteiger partial charge on any atom is -0.384 e. The zero-order valence-electron chi connectivity index (χ0n) is 20.2. The van der Waals surface area contributed by atoms with Gasteiger partial charge >= 0.3 is 0 Å². The summed E-state index contributed by atoms with van der Waals surface area (Å²) >= 11 is 0. The lowest BCUT2D eigenvalue weighted by Gasteiger charge is -2.14. The lowest BCUT2D eigenvalue weighted by atomic mass is 9.91. The van der Waals surface area contributed by atoms with E-state index in [1.54, 1.807) is 10.7 Å². The number of aromatic nitrogens is 3. The summed E-state index contributed by atoms with van der Waals surface area (Å²) in [4.78, 5) is 12.5. The quantitative estimate of drug-likeness (QED) is 0.369. The number of nitrogens with zero attached hydrogens (tertiary/aromatic N) is 3. The van der Waals surface area contributed by atoms with Crippen LogP contribution in [-0.4, -0.2) is 26.0 Å². The number of carbonyl (C=O) groups excluding carboxylic acids is 1. The van der Waals surface area contributed by atoms with Gasteiger partial charge in [0, 0.05) is 11.6 Å². The van der Waals surface area contributed by atoms with Crippen LogP contribution in [0.3, 0.4) is 0 Å². The van der Waals surface area contributed by atoms with Crippen molar-refractivity contribution >= 4 is 17.6 Å². The van der Waals surface area contributed by atoms with Crippen LogP contribution in [0, 0.1) is 11.3 Å². The van der Waals surface area contributed by atoms with Gasteiger partial charge in [-0.25, -0.2) is 4.68 Å². The molecule has 1 aliphatic carbocycles. The van der Waals surface area contributed by atoms with Crippen LogP contribution in [0.1, 0.15) is 69.6 Å². The van der Waals surface area contributed by atoms with Gasteiger partial charge in [-0.1, -0.05) is 50.2 Å². The number of nitrogens with two attached hydrogens (primary N) is 2. The molecule has 0 spiro atoms. The van der Waals surface area contributed by atoms with Crippen molar-refractivity contribution < 1.29 is 14.4 Å². The molecule has 2 heterocycles. The van der Waals surface area contributed by atoms with E-state index in [2.05, 4.69) is 43.3 Å². The summed E-state index contributed by atoms with van der Waals surface area (Å²) in [5.74, 6) is 1.09. The average molecular weight is 467 g/mol. The third-order valence-corrected chi connectivity index (χ3v) is 6.10. The highest BCUT2D eigenvalue weighted by atomic mass is 16.5. The highest BCUT2D eigenvalue weighted by Crippen LogP contribution is 2.42. The Morgan fingerprint density at radius 1 is 1.29 bits per heavy atom. The SMILES string of the molecule is CC(C1CC1)n1nc(-c2ccc(CC(=O)Nc3cc(CC(C)(C)C)no3)cc2)c(C(N)O)c1N. The molecule has 1 saturated carbocycles. The van der Waals surface area contributed by atoms with E-state index in [-0.39, 0.29) is 23.8 Å². The number of anilines is 2. The van der Waals surface area contributed by atoms with Crippen LogP contribution in [0.2, 0.25) is 0 Å². The predicted molar refractivity (Wildman–Crippen MR) is 131 cm³/mol. The van der Waals surface area contributed by atoms with Crippen molar-refractivity contribution in [2.45, 2.75) is 65.6 Å². The monoisotopic (exact) mass is 466 g/mol. The molecule has 9 nitrogen and oxygen atoms in total. The molecule has 0 radical (unpaired) electrons. The van der Waals surface area contributed by atoms with E-state index in [0.29, 0.717) is 28.9 Å². The van der Waals surface area contributed by atoms with Gasteiger partial charge in [-0.2, -0.15) is 5.10 Å². The predicted octanol–water partition coefficient (Wildman–Crippen LogP) is 3.81. The number of nitrogens with one attached hydrogen (secondary N) is 1. The number of benzene rings is 1. The fourth-order valence-corrected chi connectivity index (χ4v) is 4.20. The summed E-state index contributed by atoms with van der Waals surface area (Å²) in [5.41, 5.74) is 15.6. The van der Waals surface area contributed by atoms with Gasteiger partial charge in [0.15, 0.2) is 0 Å². The first-order chi connectivity index (χ1) is 16.0. The summed E-state index contributed by atoms with van der Waals surface area (Å²) in [5, 5.41) is 21.6. The van der Waals surface area contributed by atoms with Crippen molar-refractivity contribution in [1.82, 2.24) is 14.9 Å². The summed E-state index contributed by atoms with van der Waals surface area (Å²) in [7, 11) is 0. The molecule has 3 aromatic rings. The van der Waals surface area contributed by atoms with Crippen molar-refractivity contribution in [3.05, 3.63) is 47.2 Å². The molecule has 0 aliphatic heterocycles. The van der Waals surface area contributed by atoms with Gasteiger partial charge < -0.3 is 21.1 Å². The van der Waals surface area contributed by atoms with E-state index in [1.165, 1.54) is 0 Å². The Bertz CT molecular complexity index is 1150. The molecule has 2 aromatic heterocycles. The molecule has 6 N–H and O–H groups in total. The molecule has 2 unspecified atom stereocenters. The first kappa shape index (κ1) is 24.0. The molecule has 182 valence electrons. The van der Waals surface area contributed by atoms with E-state index < -0.39 is 6.23 Å². The maximum Gasteiger partial charge on any atom is 0.231 e. The van der Waals surface area contributed by atoms with E-state index in [4.69, 9.17) is 16.0 Å². The van der Waals surface area contributed by atoms with Crippen LogP contribution < -0.4 is 16.8 Å². The molecule has 34 heavy (non-hydrogen) atoms. The Morgan fingerprint density at radius 2 is 1.97 bits per heavy atom. The third-order valence-electron chi connectivity index (χ3n) is 6.10. The molecular formula is C25H34N6O3. The van der Waals surface area contributed by atoms with E-state index in [1.807, 2.05) is 24.3 Å². The van der Waals surface area contributed by atoms with Gasteiger partial charge in [0.25, 0.3) is 0 Å². The van der Waals surface area contributed by atoms with Crippen molar-refractivity contribution in [3.63, 3.8) is 0 Å². The number of hydrogen-bond acceptors (Lipinski definition) is 7. The number of amides is 1. The molecular weight excluding hydrogens is 432 g/mol. The normalized spacial score (nSPS) is 15.8. The van der Waals surface area contributed by atoms with E-state index in [9.17, 15) is 9.90 Å². The van der Waals surface area contributed by atoms with E-state index >= 15 is 0 Å². The zero-order valence-corrected chi connectivity index (χ0v) is 20.2. The molecule has 1 amide bonds. The summed E-state index contributed by atoms with van der Waals surface area (Å²) in [6.45, 7) is 8.44. The zero-order chi connectivity index (χ0) is 24.6. The smallest absolute Gasteiger partial charge is 0.231 e. The first-order valence-electron chi connectivity index (χ1n) is 11.7. The molecule has 4 rings (SSSR count). The molecule has 1 aliphatic rings. The molecule has 9 heteroatoms. The van der Waals surface area contributed by atoms with Crippen LogP contribution in [0.25, 0.3) is 11.3 Å². The number of nitrogen functional groups attached to an aromatic ring is 1. The molecule has 1 aromatic carbocycles. The van der Waals surface area contributed by atoms with Gasteiger partial charge in [0.2, 0.25) is 11.8 Å². The highest BCUT2D eigenvalue weighted by Gasteiger charge is 2.33. The van der Waals surface area contributed by atoms with Gasteiger partial charge in [-0.15, -0.1) is 0 Å². The third kappa shape index (κ3) is 5.48. The standard InChI is InChI=1S/C25H34N6O3/c1-14(16-9-10-16)31-23(26)21(24(27)33)22(29-31)17-7-5-15(6-8-17)11-19(32)28-20-12-18(30-34-20)13-25(2,3)4/h5-8,12,14,16,24,33H,9-11,13,26-27H2,1-4H3,(H,28,32). The largest absolute Gasteiger partial charge is 0.384 e. The Balaban J connectivity index is 1.45. The molecule has 0 saturated heterocycles. The lowest BCUT2D eigenvalue weighted by molar-refractivity contribution is -0.115. The lowest BCUT2D eigenvalue weighted by Crippen LogP contribution is -2.15. The summed E-state index contributed by atoms with van der Waals surface area (Å²) in [6.07, 6.45) is 2.01. The maximum atomic E-state index is 12.5. The number of rotatable bonds is 8. The second-order valence-corrected chi connectivity index (χ2v) is 10.5. The fourth-order valence-electron chi connectivity index (χ4n) is 4.20. The first-order valence-corrected chi connectivity index (χ1v) is 11.7. The second-order valence-electron chi connectivity index (χ2n) is 10.5. The minimum atomic E-state index is -1.23. The fraction of sp³-hybridized carbons (Fsp3) is 0.480. The van der Waals surface area contributed by atoms with Gasteiger partial charge in [0.1, 0.15) is 17.7 Å². The van der Waals surface area contributed by atoms with Gasteiger partial charge in [-0.05, 0) is 43.1 Å². The van der Waals surface area contributed by atoms with Gasteiger partial charge in [-0.3, -0.25) is 10.1 Å². The Kier molecular flexibility index (Phi) is 6.51. The van der Waals surface area contributed by atoms with Crippen LogP contribution in [0.4, 0.5) is 11.7 Å². The summed E-state index contributed by atoms with van der Waals surface area (Å²) in [6, 6.07) is 9.33. The Labute approximate surface area is 199 Å². The molecule has 2 atom stereocenters. The topological polar surface area (TPSA) is 145 Å². The molecule has 1 fully saturated rings. The van der Waals surface area contributed by atoms with Gasteiger partial charge in [0.05, 0.1) is 23.7 Å². The molecule has 0 bridgehead atoms. The average Bonchev–Trinajstić information content (AvgIpc) is 3.42. The van der Waals surface area contributed by atoms with Crippen molar-refractivity contribution in [2.24, 2.45) is 17.1 Å².